The summed E-state index contributed by atoms with van der Waals surface area (Å²) in [4.78, 5) is 4.88. The van der Waals surface area contributed by atoms with Crippen molar-refractivity contribution in [3.63, 3.8) is 0 Å². The molecule has 0 spiro atoms. The van der Waals surface area contributed by atoms with Crippen LogP contribution < -0.4 is 5.73 Å². The van der Waals surface area contributed by atoms with Crippen LogP contribution in [0.2, 0.25) is 0 Å². The molecule has 0 fully saturated rings. The fraction of sp³-hybridized carbons (Fsp3) is 0.214. The first-order valence-electron chi connectivity index (χ1n) is 5.88. The Morgan fingerprint density at radius 3 is 2.74 bits per heavy atom. The van der Waals surface area contributed by atoms with Gasteiger partial charge in [0.15, 0.2) is 11.6 Å². The Morgan fingerprint density at radius 1 is 1.26 bits per heavy atom. The smallest absolute Gasteiger partial charge is 0.159 e. The first-order valence-corrected chi connectivity index (χ1v) is 6.70. The van der Waals surface area contributed by atoms with E-state index in [0.29, 0.717) is 11.3 Å². The summed E-state index contributed by atoms with van der Waals surface area (Å²) in [5, 5.41) is 0.769. The molecule has 0 bridgehead atoms. The van der Waals surface area contributed by atoms with E-state index in [0.717, 1.165) is 16.7 Å². The molecule has 0 saturated heterocycles. The molecule has 1 atom stereocenters. The zero-order valence-corrected chi connectivity index (χ0v) is 11.3. The number of pyridine rings is 1. The summed E-state index contributed by atoms with van der Waals surface area (Å²) in [7, 11) is 0. The Balaban J connectivity index is 2.25. The quantitative estimate of drug-likeness (QED) is 0.933. The van der Waals surface area contributed by atoms with Crippen LogP contribution in [0.4, 0.5) is 8.78 Å². The van der Waals surface area contributed by atoms with Gasteiger partial charge in [-0.05, 0) is 43.2 Å². The molecule has 1 aromatic carbocycles. The molecule has 100 valence electrons. The Morgan fingerprint density at radius 2 is 2.05 bits per heavy atom. The van der Waals surface area contributed by atoms with E-state index in [-0.39, 0.29) is 6.04 Å². The zero-order chi connectivity index (χ0) is 13.8. The second kappa shape index (κ2) is 6.12. The summed E-state index contributed by atoms with van der Waals surface area (Å²) < 4.78 is 26.0. The first-order chi connectivity index (χ1) is 9.06. The van der Waals surface area contributed by atoms with Gasteiger partial charge in [0.2, 0.25) is 0 Å². The summed E-state index contributed by atoms with van der Waals surface area (Å²) in [6.07, 6.45) is 2.37. The van der Waals surface area contributed by atoms with Crippen LogP contribution in [-0.2, 0) is 6.42 Å². The van der Waals surface area contributed by atoms with Crippen molar-refractivity contribution in [2.45, 2.75) is 29.3 Å². The van der Waals surface area contributed by atoms with E-state index in [1.807, 2.05) is 19.1 Å². The number of halogens is 2. The lowest BCUT2D eigenvalue weighted by Gasteiger charge is -2.10. The molecule has 2 nitrogen and oxygen atoms in total. The van der Waals surface area contributed by atoms with Crippen molar-refractivity contribution in [1.29, 1.82) is 0 Å². The second-order valence-electron chi connectivity index (χ2n) is 4.33. The van der Waals surface area contributed by atoms with Crippen molar-refractivity contribution in [2.75, 3.05) is 0 Å². The third-order valence-corrected chi connectivity index (χ3v) is 3.55. The van der Waals surface area contributed by atoms with Gasteiger partial charge in [-0.25, -0.2) is 13.8 Å². The molecule has 2 rings (SSSR count). The summed E-state index contributed by atoms with van der Waals surface area (Å²) in [6.45, 7) is 1.92. The number of aromatic nitrogens is 1. The lowest BCUT2D eigenvalue weighted by molar-refractivity contribution is 0.506. The molecule has 0 aliphatic rings. The van der Waals surface area contributed by atoms with Crippen molar-refractivity contribution in [2.24, 2.45) is 5.73 Å². The molecule has 1 heterocycles. The van der Waals surface area contributed by atoms with Crippen LogP contribution in [0.1, 0.15) is 12.5 Å². The lowest BCUT2D eigenvalue weighted by Crippen LogP contribution is -2.18. The Hall–Kier alpha value is -1.46. The van der Waals surface area contributed by atoms with E-state index in [1.165, 1.54) is 23.9 Å². The van der Waals surface area contributed by atoms with Crippen molar-refractivity contribution in [3.05, 3.63) is 53.7 Å². The highest BCUT2D eigenvalue weighted by Crippen LogP contribution is 2.30. The summed E-state index contributed by atoms with van der Waals surface area (Å²) in [5.74, 6) is -1.70. The molecule has 19 heavy (non-hydrogen) atoms. The predicted octanol–water partition coefficient (Wildman–Crippen LogP) is 3.40. The summed E-state index contributed by atoms with van der Waals surface area (Å²) in [5.41, 5.74) is 6.79. The normalized spacial score (nSPS) is 12.4. The van der Waals surface area contributed by atoms with Gasteiger partial charge < -0.3 is 5.73 Å². The minimum Gasteiger partial charge on any atom is -0.328 e. The van der Waals surface area contributed by atoms with Crippen molar-refractivity contribution in [3.8, 4) is 0 Å². The standard InChI is InChI=1S/C14H14F2N2S/c1-9(17)7-10-3-2-6-18-14(10)19-11-4-5-12(15)13(16)8-11/h2-6,8-9H,7,17H2,1H3. The first kappa shape index (κ1) is 14.0. The fourth-order valence-corrected chi connectivity index (χ4v) is 2.59. The molecular weight excluding hydrogens is 266 g/mol. The van der Waals surface area contributed by atoms with Gasteiger partial charge in [0, 0.05) is 17.1 Å². The van der Waals surface area contributed by atoms with E-state index in [1.54, 1.807) is 6.20 Å². The van der Waals surface area contributed by atoms with Crippen molar-refractivity contribution >= 4 is 11.8 Å². The summed E-state index contributed by atoms with van der Waals surface area (Å²) in [6, 6.07) is 7.63. The predicted molar refractivity (Wildman–Crippen MR) is 72.1 cm³/mol. The molecule has 0 saturated carbocycles. The van der Waals surface area contributed by atoms with E-state index < -0.39 is 11.6 Å². The maximum Gasteiger partial charge on any atom is 0.159 e. The van der Waals surface area contributed by atoms with Crippen LogP contribution in [0, 0.1) is 11.6 Å². The molecule has 0 amide bonds. The summed E-state index contributed by atoms with van der Waals surface area (Å²) >= 11 is 1.31. The number of rotatable bonds is 4. The molecule has 2 aromatic rings. The highest BCUT2D eigenvalue weighted by Gasteiger charge is 2.09. The van der Waals surface area contributed by atoms with Crippen LogP contribution in [-0.4, -0.2) is 11.0 Å². The lowest BCUT2D eigenvalue weighted by atomic mass is 10.1. The minimum atomic E-state index is -0.852. The maximum absolute atomic E-state index is 13.2. The molecule has 2 N–H and O–H groups in total. The third-order valence-electron chi connectivity index (χ3n) is 2.50. The minimum absolute atomic E-state index is 0.0218. The maximum atomic E-state index is 13.2. The zero-order valence-electron chi connectivity index (χ0n) is 10.4. The van der Waals surface area contributed by atoms with Gasteiger partial charge in [0.1, 0.15) is 5.03 Å². The largest absolute Gasteiger partial charge is 0.328 e. The van der Waals surface area contributed by atoms with Crippen LogP contribution in [0.25, 0.3) is 0 Å². The highest BCUT2D eigenvalue weighted by molar-refractivity contribution is 7.99. The molecule has 0 aliphatic heterocycles. The van der Waals surface area contributed by atoms with Crippen LogP contribution in [0.15, 0.2) is 46.5 Å². The molecular formula is C14H14F2N2S. The second-order valence-corrected chi connectivity index (χ2v) is 5.39. The van der Waals surface area contributed by atoms with Gasteiger partial charge in [-0.1, -0.05) is 17.8 Å². The third kappa shape index (κ3) is 3.75. The average Bonchev–Trinajstić information content (AvgIpc) is 2.36. The van der Waals surface area contributed by atoms with E-state index in [9.17, 15) is 8.78 Å². The number of nitrogens with zero attached hydrogens (tertiary/aromatic N) is 1. The number of benzene rings is 1. The SMILES string of the molecule is CC(N)Cc1cccnc1Sc1ccc(F)c(F)c1. The van der Waals surface area contributed by atoms with Gasteiger partial charge in [-0.15, -0.1) is 0 Å². The fourth-order valence-electron chi connectivity index (χ4n) is 1.67. The molecule has 0 aliphatic carbocycles. The van der Waals surface area contributed by atoms with E-state index >= 15 is 0 Å². The van der Waals surface area contributed by atoms with Gasteiger partial charge in [-0.3, -0.25) is 0 Å². The monoisotopic (exact) mass is 280 g/mol. The van der Waals surface area contributed by atoms with Crippen LogP contribution in [0.5, 0.6) is 0 Å². The van der Waals surface area contributed by atoms with Crippen LogP contribution in [0.3, 0.4) is 0 Å². The Kier molecular flexibility index (Phi) is 4.50. The van der Waals surface area contributed by atoms with E-state index in [4.69, 9.17) is 5.73 Å². The van der Waals surface area contributed by atoms with Gasteiger partial charge in [-0.2, -0.15) is 0 Å². The van der Waals surface area contributed by atoms with Gasteiger partial charge >= 0.3 is 0 Å². The topological polar surface area (TPSA) is 38.9 Å². The van der Waals surface area contributed by atoms with Crippen molar-refractivity contribution in [1.82, 2.24) is 4.98 Å². The molecule has 5 heteroatoms. The number of hydrogen-bond acceptors (Lipinski definition) is 3. The average molecular weight is 280 g/mol. The van der Waals surface area contributed by atoms with Gasteiger partial charge in [0.05, 0.1) is 0 Å². The molecule has 0 radical (unpaired) electrons. The molecule has 1 unspecified atom stereocenters. The highest BCUT2D eigenvalue weighted by atomic mass is 32.2. The van der Waals surface area contributed by atoms with E-state index in [2.05, 4.69) is 4.98 Å². The molecule has 1 aromatic heterocycles. The number of hydrogen-bond donors (Lipinski definition) is 1. The van der Waals surface area contributed by atoms with Crippen molar-refractivity contribution < 1.29 is 8.78 Å². The van der Waals surface area contributed by atoms with Gasteiger partial charge in [0.25, 0.3) is 0 Å². The Bertz CT molecular complexity index is 573. The van der Waals surface area contributed by atoms with Crippen LogP contribution >= 0.6 is 11.8 Å². The number of nitrogens with two attached hydrogens (primary N) is 1. The Labute approximate surface area is 115 Å².